The van der Waals surface area contributed by atoms with Gasteiger partial charge < -0.3 is 43.5 Å². The smallest absolute Gasteiger partial charge is 0.241 e. The zero-order chi connectivity index (χ0) is 17.6. The number of nitrogens with zero attached hydrogens (tertiary/aromatic N) is 1. The molecule has 1 aliphatic rings. The van der Waals surface area contributed by atoms with E-state index in [0.29, 0.717) is 0 Å². The van der Waals surface area contributed by atoms with Crippen molar-refractivity contribution in [2.75, 3.05) is 21.3 Å². The fourth-order valence-electron chi connectivity index (χ4n) is 3.03. The van der Waals surface area contributed by atoms with E-state index >= 15 is 0 Å². The highest BCUT2D eigenvalue weighted by molar-refractivity contribution is 5.82. The normalized spacial score (nSPS) is 23.3. The number of hydrogen-bond donors (Lipinski definition) is 3. The number of guanidine groups is 1. The quantitative estimate of drug-likeness (QED) is 0.548. The molecule has 0 bridgehead atoms. The van der Waals surface area contributed by atoms with Crippen LogP contribution in [0.4, 0.5) is 0 Å². The maximum Gasteiger partial charge on any atom is 0.241 e. The van der Waals surface area contributed by atoms with Crippen LogP contribution in [-0.4, -0.2) is 37.9 Å². The number of rotatable bonds is 4. The van der Waals surface area contributed by atoms with Crippen molar-refractivity contribution in [2.24, 2.45) is 10.7 Å². The second-order valence-electron chi connectivity index (χ2n) is 5.09. The van der Waals surface area contributed by atoms with Crippen LogP contribution in [0.2, 0.25) is 0 Å². The Morgan fingerprint density at radius 2 is 1.35 bits per heavy atom. The van der Waals surface area contributed by atoms with Gasteiger partial charge in [-0.3, -0.25) is 0 Å². The van der Waals surface area contributed by atoms with Gasteiger partial charge in [0.1, 0.15) is 0 Å². The Morgan fingerprint density at radius 3 is 1.77 bits per heavy atom. The third-order valence-corrected chi connectivity index (χ3v) is 4.01. The van der Waals surface area contributed by atoms with E-state index in [-0.39, 0.29) is 23.8 Å². The molecule has 0 aliphatic carbocycles. The molecule has 2 atom stereocenters. The summed E-state index contributed by atoms with van der Waals surface area (Å²) in [7, 11) is 4.22. The van der Waals surface area contributed by atoms with Crippen LogP contribution >= 0.6 is 0 Å². The van der Waals surface area contributed by atoms with Gasteiger partial charge in [-0.15, -0.1) is 0 Å². The van der Waals surface area contributed by atoms with Crippen molar-refractivity contribution in [1.29, 1.82) is 0 Å². The lowest BCUT2D eigenvalue weighted by Crippen LogP contribution is -3.00. The molecule has 6 N–H and O–H groups in total. The first-order valence-electron chi connectivity index (χ1n) is 7.48. The number of hydrogen-bond acceptors (Lipinski definition) is 6. The maximum atomic E-state index is 7.00. The third-order valence-electron chi connectivity index (χ3n) is 4.01. The van der Waals surface area contributed by atoms with Crippen molar-refractivity contribution in [3.8, 4) is 0 Å². The molecule has 8 heteroatoms. The summed E-state index contributed by atoms with van der Waals surface area (Å²) >= 11 is 0. The van der Waals surface area contributed by atoms with Gasteiger partial charge in [-0.05, 0) is 0 Å². The Morgan fingerprint density at radius 1 is 0.885 bits per heavy atom. The van der Waals surface area contributed by atoms with E-state index in [2.05, 4.69) is 10.3 Å². The fourth-order valence-corrected chi connectivity index (χ4v) is 3.03. The first-order chi connectivity index (χ1) is 11.7. The molecule has 0 amide bonds. The average molecular weight is 383 g/mol. The molecular weight excluding hydrogens is 358 g/mol. The van der Waals surface area contributed by atoms with Crippen molar-refractivity contribution in [3.63, 3.8) is 0 Å². The first kappa shape index (κ1) is 23.8. The number of methoxy groups -OCH3 is 2. The van der Waals surface area contributed by atoms with E-state index in [0.717, 1.165) is 18.2 Å². The van der Waals surface area contributed by atoms with Gasteiger partial charge in [0.25, 0.3) is 0 Å². The fraction of sp³-hybridized carbons (Fsp3) is 0.278. The van der Waals surface area contributed by atoms with E-state index in [9.17, 15) is 0 Å². The van der Waals surface area contributed by atoms with E-state index < -0.39 is 11.4 Å². The monoisotopic (exact) mass is 382 g/mol. The van der Waals surface area contributed by atoms with Crippen molar-refractivity contribution < 1.29 is 32.5 Å². The molecule has 0 radical (unpaired) electrons. The van der Waals surface area contributed by atoms with Crippen molar-refractivity contribution in [2.45, 2.75) is 11.4 Å². The third kappa shape index (κ3) is 3.67. The Labute approximate surface area is 159 Å². The minimum absolute atomic E-state index is 0. The number of aliphatic imine (C=N–C) groups is 1. The van der Waals surface area contributed by atoms with Crippen LogP contribution in [0.25, 0.3) is 0 Å². The minimum Gasteiger partial charge on any atom is -1.00 e. The molecule has 3 rings (SSSR count). The maximum absolute atomic E-state index is 7.00. The summed E-state index contributed by atoms with van der Waals surface area (Å²) in [4.78, 5) is 4.55. The summed E-state index contributed by atoms with van der Waals surface area (Å²) in [5.41, 5.74) is 5.59. The molecule has 1 heterocycles. The molecule has 0 aromatic heterocycles. The van der Waals surface area contributed by atoms with Crippen LogP contribution in [0.3, 0.4) is 0 Å². The Balaban J connectivity index is 0.00000151. The topological polar surface area (TPSA) is 121 Å². The number of aliphatic hydroxyl groups is 1. The SMILES string of the molecule is CO.COC1(c2ccccc2)N=C(N)NC1(OC)c1ccccc1.O.[Cl-]. The molecule has 0 fully saturated rings. The highest BCUT2D eigenvalue weighted by atomic mass is 35.5. The number of benzene rings is 2. The van der Waals surface area contributed by atoms with Crippen molar-refractivity contribution in [1.82, 2.24) is 5.32 Å². The Hall–Kier alpha value is -2.16. The average Bonchev–Trinajstić information content (AvgIpc) is 2.98. The van der Waals surface area contributed by atoms with Gasteiger partial charge in [-0.25, -0.2) is 4.99 Å². The summed E-state index contributed by atoms with van der Waals surface area (Å²) < 4.78 is 11.7. The standard InChI is InChI=1S/C17H19N3O2.CH4O.ClH.H2O/c1-21-16(13-9-5-3-6-10-13)17(22-2,20-15(18)19-16)14-11-7-4-8-12-14;1-2;;/h3-12H,1-2H3,(H3,18,19,20);2H,1H3;1H;1H2/p-1. The summed E-state index contributed by atoms with van der Waals surface area (Å²) in [6.07, 6.45) is 0. The summed E-state index contributed by atoms with van der Waals surface area (Å²) in [5, 5.41) is 10.2. The molecule has 144 valence electrons. The first-order valence-corrected chi connectivity index (χ1v) is 7.48. The van der Waals surface area contributed by atoms with Crippen LogP contribution in [0.1, 0.15) is 11.1 Å². The molecule has 1 aliphatic heterocycles. The molecule has 2 aromatic rings. The predicted molar refractivity (Wildman–Crippen MR) is 96.8 cm³/mol. The largest absolute Gasteiger partial charge is 1.00 e. The number of nitrogens with two attached hydrogens (primary N) is 1. The van der Waals surface area contributed by atoms with E-state index in [4.69, 9.17) is 20.3 Å². The Kier molecular flexibility index (Phi) is 9.26. The van der Waals surface area contributed by atoms with E-state index in [1.54, 1.807) is 14.2 Å². The molecule has 26 heavy (non-hydrogen) atoms. The van der Waals surface area contributed by atoms with Crippen LogP contribution in [0.15, 0.2) is 65.7 Å². The lowest BCUT2D eigenvalue weighted by Gasteiger charge is -2.41. The van der Waals surface area contributed by atoms with Gasteiger partial charge in [0, 0.05) is 32.5 Å². The van der Waals surface area contributed by atoms with Gasteiger partial charge in [0.15, 0.2) is 5.96 Å². The summed E-state index contributed by atoms with van der Waals surface area (Å²) in [6, 6.07) is 19.5. The summed E-state index contributed by atoms with van der Waals surface area (Å²) in [6.45, 7) is 0. The number of halogens is 1. The zero-order valence-electron chi connectivity index (χ0n) is 14.9. The van der Waals surface area contributed by atoms with Crippen LogP contribution < -0.4 is 23.5 Å². The van der Waals surface area contributed by atoms with Crippen molar-refractivity contribution >= 4 is 5.96 Å². The molecular formula is C18H25ClN3O4-. The van der Waals surface area contributed by atoms with Gasteiger partial charge >= 0.3 is 0 Å². The second-order valence-corrected chi connectivity index (χ2v) is 5.09. The number of aliphatic hydroxyl groups excluding tert-OH is 1. The van der Waals surface area contributed by atoms with E-state index in [1.165, 1.54) is 0 Å². The molecule has 2 unspecified atom stereocenters. The Bertz CT molecular complexity index is 687. The van der Waals surface area contributed by atoms with Gasteiger partial charge in [-0.2, -0.15) is 0 Å². The van der Waals surface area contributed by atoms with E-state index in [1.807, 2.05) is 60.7 Å². The highest BCUT2D eigenvalue weighted by Gasteiger charge is 2.60. The minimum atomic E-state index is -1.10. The molecule has 0 spiro atoms. The van der Waals surface area contributed by atoms with Crippen LogP contribution in [0, 0.1) is 0 Å². The molecule has 2 aromatic carbocycles. The van der Waals surface area contributed by atoms with Gasteiger partial charge in [0.2, 0.25) is 11.4 Å². The highest BCUT2D eigenvalue weighted by Crippen LogP contribution is 2.47. The molecule has 0 saturated heterocycles. The molecule has 7 nitrogen and oxygen atoms in total. The number of ether oxygens (including phenoxy) is 2. The molecule has 0 saturated carbocycles. The van der Waals surface area contributed by atoms with Crippen LogP contribution in [0.5, 0.6) is 0 Å². The van der Waals surface area contributed by atoms with Gasteiger partial charge in [0.05, 0.1) is 0 Å². The lowest BCUT2D eigenvalue weighted by molar-refractivity contribution is -0.194. The predicted octanol–water partition coefficient (Wildman–Crippen LogP) is -2.31. The zero-order valence-corrected chi connectivity index (χ0v) is 15.7. The lowest BCUT2D eigenvalue weighted by atomic mass is 9.86. The summed E-state index contributed by atoms with van der Waals surface area (Å²) in [5.74, 6) is 0.274. The van der Waals surface area contributed by atoms with Crippen molar-refractivity contribution in [3.05, 3.63) is 71.8 Å². The number of nitrogens with one attached hydrogen (secondary N) is 1. The van der Waals surface area contributed by atoms with Crippen LogP contribution in [-0.2, 0) is 20.9 Å². The second kappa shape index (κ2) is 10.1. The van der Waals surface area contributed by atoms with Gasteiger partial charge in [-0.1, -0.05) is 60.7 Å².